The Bertz CT molecular complexity index is 608. The van der Waals surface area contributed by atoms with Crippen LogP contribution in [0.3, 0.4) is 0 Å². The topological polar surface area (TPSA) is 63.6 Å². The highest BCUT2D eigenvalue weighted by atomic mass is 79.9. The highest BCUT2D eigenvalue weighted by Gasteiger charge is 2.09. The second-order valence-electron chi connectivity index (χ2n) is 4.24. The number of carbonyl (C=O) groups excluding carboxylic acids is 1. The van der Waals surface area contributed by atoms with Crippen LogP contribution in [-0.2, 0) is 0 Å². The van der Waals surface area contributed by atoms with E-state index in [2.05, 4.69) is 47.2 Å². The van der Waals surface area contributed by atoms with Gasteiger partial charge in [0.15, 0.2) is 5.78 Å². The van der Waals surface area contributed by atoms with Gasteiger partial charge in [-0.3, -0.25) is 14.6 Å². The lowest BCUT2D eigenvalue weighted by Crippen LogP contribution is -2.00. The maximum absolute atomic E-state index is 12.0. The number of nitrogens with zero attached hydrogens (tertiary/aromatic N) is 3. The molecule has 0 unspecified atom stereocenters. The monoisotopic (exact) mass is 386 g/mol. The molecule has 2 rings (SSSR count). The summed E-state index contributed by atoms with van der Waals surface area (Å²) in [5, 5.41) is 10.9. The first-order valence-electron chi connectivity index (χ1n) is 5.65. The molecule has 0 spiro atoms. The number of ketones is 1. The zero-order valence-electron chi connectivity index (χ0n) is 10.4. The molecule has 2 aromatic rings. The van der Waals surface area contributed by atoms with E-state index in [0.717, 1.165) is 10.2 Å². The molecule has 0 aliphatic carbocycles. The van der Waals surface area contributed by atoms with E-state index in [-0.39, 0.29) is 11.8 Å². The first-order chi connectivity index (χ1) is 8.99. The highest BCUT2D eigenvalue weighted by molar-refractivity contribution is 9.11. The fourth-order valence-electron chi connectivity index (χ4n) is 1.45. The van der Waals surface area contributed by atoms with Crippen molar-refractivity contribution in [1.29, 1.82) is 0 Å². The number of aromatic nitrogens is 4. The Morgan fingerprint density at radius 3 is 2.74 bits per heavy atom. The average Bonchev–Trinajstić information content (AvgIpc) is 2.95. The molecule has 0 radical (unpaired) electrons. The van der Waals surface area contributed by atoms with Crippen LogP contribution in [0.4, 0.5) is 0 Å². The number of hydrogen-bond acceptors (Lipinski definition) is 3. The van der Waals surface area contributed by atoms with Crippen LogP contribution in [0.15, 0.2) is 27.7 Å². The van der Waals surface area contributed by atoms with E-state index in [1.54, 1.807) is 23.2 Å². The molecule has 0 aromatic carbocycles. The average molecular weight is 388 g/mol. The number of hydrogen-bond donors (Lipinski definition) is 1. The van der Waals surface area contributed by atoms with Gasteiger partial charge in [-0.05, 0) is 57.9 Å². The molecule has 0 fully saturated rings. The van der Waals surface area contributed by atoms with Crippen LogP contribution < -0.4 is 0 Å². The summed E-state index contributed by atoms with van der Waals surface area (Å²) in [5.41, 5.74) is 1.37. The molecule has 19 heavy (non-hydrogen) atoms. The molecular formula is C12H12Br2N4O. The van der Waals surface area contributed by atoms with Crippen LogP contribution in [0.25, 0.3) is 6.08 Å². The number of aromatic amines is 1. The van der Waals surface area contributed by atoms with E-state index in [1.165, 1.54) is 6.08 Å². The Kier molecular flexibility index (Phi) is 4.36. The van der Waals surface area contributed by atoms with Crippen molar-refractivity contribution in [3.8, 4) is 0 Å². The van der Waals surface area contributed by atoms with Crippen molar-refractivity contribution in [2.45, 2.75) is 19.9 Å². The van der Waals surface area contributed by atoms with E-state index < -0.39 is 0 Å². The van der Waals surface area contributed by atoms with Crippen LogP contribution in [0.2, 0.25) is 0 Å². The summed E-state index contributed by atoms with van der Waals surface area (Å²) in [6.07, 6.45) is 6.53. The van der Waals surface area contributed by atoms with Gasteiger partial charge in [-0.25, -0.2) is 0 Å². The molecule has 1 N–H and O–H groups in total. The van der Waals surface area contributed by atoms with Gasteiger partial charge in [0.25, 0.3) is 0 Å². The quantitative estimate of drug-likeness (QED) is 0.643. The SMILES string of the molecule is CC(C)n1cc(C(=O)/C=C/c2c(Br)n[nH]c2Br)cn1. The molecule has 0 bridgehead atoms. The molecule has 7 heteroatoms. The minimum Gasteiger partial charge on any atom is -0.289 e. The lowest BCUT2D eigenvalue weighted by molar-refractivity contribution is 0.104. The Labute approximate surface area is 127 Å². The van der Waals surface area contributed by atoms with E-state index in [4.69, 9.17) is 0 Å². The van der Waals surface area contributed by atoms with Crippen LogP contribution in [0.5, 0.6) is 0 Å². The summed E-state index contributed by atoms with van der Waals surface area (Å²) in [6, 6.07) is 0.239. The molecule has 0 saturated carbocycles. The molecule has 100 valence electrons. The Balaban J connectivity index is 2.17. The number of carbonyl (C=O) groups is 1. The largest absolute Gasteiger partial charge is 0.289 e. The van der Waals surface area contributed by atoms with E-state index in [0.29, 0.717) is 10.2 Å². The zero-order valence-corrected chi connectivity index (χ0v) is 13.6. The van der Waals surface area contributed by atoms with Gasteiger partial charge in [0.2, 0.25) is 0 Å². The predicted octanol–water partition coefficient (Wildman–Crippen LogP) is 3.61. The van der Waals surface area contributed by atoms with Gasteiger partial charge in [-0.2, -0.15) is 10.2 Å². The second-order valence-corrected chi connectivity index (χ2v) is 5.79. The van der Waals surface area contributed by atoms with Crippen molar-refractivity contribution in [2.24, 2.45) is 0 Å². The molecule has 0 aliphatic heterocycles. The molecule has 0 amide bonds. The van der Waals surface area contributed by atoms with Crippen molar-refractivity contribution in [1.82, 2.24) is 20.0 Å². The number of halogens is 2. The van der Waals surface area contributed by atoms with Crippen molar-refractivity contribution in [3.05, 3.63) is 38.8 Å². The summed E-state index contributed by atoms with van der Waals surface area (Å²) in [4.78, 5) is 12.0. The number of nitrogens with one attached hydrogen (secondary N) is 1. The van der Waals surface area contributed by atoms with Gasteiger partial charge >= 0.3 is 0 Å². The smallest absolute Gasteiger partial charge is 0.189 e. The normalized spacial score (nSPS) is 11.6. The molecule has 2 heterocycles. The molecule has 2 aromatic heterocycles. The Morgan fingerprint density at radius 2 is 2.21 bits per heavy atom. The van der Waals surface area contributed by atoms with Gasteiger partial charge < -0.3 is 0 Å². The van der Waals surface area contributed by atoms with Crippen LogP contribution in [-0.4, -0.2) is 25.8 Å². The van der Waals surface area contributed by atoms with Gasteiger partial charge in [0.05, 0.1) is 11.8 Å². The van der Waals surface area contributed by atoms with Crippen LogP contribution >= 0.6 is 31.9 Å². The maximum Gasteiger partial charge on any atom is 0.189 e. The third kappa shape index (κ3) is 3.22. The van der Waals surface area contributed by atoms with Crippen molar-refractivity contribution in [3.63, 3.8) is 0 Å². The van der Waals surface area contributed by atoms with Crippen LogP contribution in [0.1, 0.15) is 35.8 Å². The number of H-pyrrole nitrogens is 1. The first-order valence-corrected chi connectivity index (χ1v) is 7.23. The Morgan fingerprint density at radius 1 is 1.47 bits per heavy atom. The fraction of sp³-hybridized carbons (Fsp3) is 0.250. The van der Waals surface area contributed by atoms with Crippen molar-refractivity contribution in [2.75, 3.05) is 0 Å². The summed E-state index contributed by atoms with van der Waals surface area (Å²) in [7, 11) is 0. The van der Waals surface area contributed by atoms with Crippen molar-refractivity contribution >= 4 is 43.7 Å². The summed E-state index contributed by atoms with van der Waals surface area (Å²) in [5.74, 6) is -0.0908. The summed E-state index contributed by atoms with van der Waals surface area (Å²) >= 11 is 6.61. The molecule has 5 nitrogen and oxygen atoms in total. The zero-order chi connectivity index (χ0) is 14.0. The minimum atomic E-state index is -0.0908. The number of rotatable bonds is 4. The summed E-state index contributed by atoms with van der Waals surface area (Å²) in [6.45, 7) is 4.02. The first kappa shape index (κ1) is 14.2. The van der Waals surface area contributed by atoms with Crippen molar-refractivity contribution < 1.29 is 4.79 Å². The van der Waals surface area contributed by atoms with Crippen LogP contribution in [0, 0.1) is 0 Å². The van der Waals surface area contributed by atoms with E-state index in [1.807, 2.05) is 13.8 Å². The third-order valence-electron chi connectivity index (χ3n) is 2.53. The van der Waals surface area contributed by atoms with Gasteiger partial charge in [0, 0.05) is 17.8 Å². The second kappa shape index (κ2) is 5.83. The molecule has 0 aliphatic rings. The highest BCUT2D eigenvalue weighted by Crippen LogP contribution is 2.23. The van der Waals surface area contributed by atoms with Gasteiger partial charge in [-0.1, -0.05) is 0 Å². The third-order valence-corrected chi connectivity index (χ3v) is 3.74. The van der Waals surface area contributed by atoms with Gasteiger partial charge in [-0.15, -0.1) is 0 Å². The standard InChI is InChI=1S/C12H12Br2N4O/c1-7(2)18-6-8(5-15-18)10(19)4-3-9-11(13)16-17-12(9)14/h3-7H,1-2H3,(H,16,17)/b4-3+. The van der Waals surface area contributed by atoms with Gasteiger partial charge in [0.1, 0.15) is 9.21 Å². The maximum atomic E-state index is 12.0. The molecule has 0 saturated heterocycles. The molecule has 0 atom stereocenters. The fourth-order valence-corrected chi connectivity index (χ4v) is 2.55. The Hall–Kier alpha value is -1.21. The lowest BCUT2D eigenvalue weighted by atomic mass is 10.2. The molecular weight excluding hydrogens is 376 g/mol. The van der Waals surface area contributed by atoms with E-state index in [9.17, 15) is 4.79 Å². The number of allylic oxidation sites excluding steroid dienone is 1. The summed E-state index contributed by atoms with van der Waals surface area (Å²) < 4.78 is 3.13. The lowest BCUT2D eigenvalue weighted by Gasteiger charge is -2.02. The predicted molar refractivity (Wildman–Crippen MR) is 80.0 cm³/mol. The minimum absolute atomic E-state index is 0.0908. The van der Waals surface area contributed by atoms with E-state index >= 15 is 0 Å².